The number of carbonyl (C=O) groups excluding carboxylic acids is 3. The predicted molar refractivity (Wildman–Crippen MR) is 154 cm³/mol. The molecule has 9 nitrogen and oxygen atoms in total. The van der Waals surface area contributed by atoms with E-state index in [1.807, 2.05) is 47.5 Å². The molecule has 0 spiro atoms. The molecule has 6 rings (SSSR count). The van der Waals surface area contributed by atoms with Gasteiger partial charge in [-0.25, -0.2) is 19.2 Å². The molecule has 3 aromatic rings. The molecule has 42 heavy (non-hydrogen) atoms. The highest BCUT2D eigenvalue weighted by atomic mass is 35.5. The summed E-state index contributed by atoms with van der Waals surface area (Å²) >= 11 is 5.87. The number of hydrazine groups is 1. The van der Waals surface area contributed by atoms with Crippen LogP contribution >= 0.6 is 11.6 Å². The summed E-state index contributed by atoms with van der Waals surface area (Å²) in [7, 11) is 0. The van der Waals surface area contributed by atoms with Crippen molar-refractivity contribution >= 4 is 41.5 Å². The maximum absolute atomic E-state index is 14.3. The number of rotatable bonds is 4. The minimum atomic E-state index is -0.758. The second kappa shape index (κ2) is 11.3. The SMILES string of the molecule is NC(=O)[N+]1=CC(N2CCN3CC[C@@H](C(=O)NCc4cccc(Cl)c4F)N3C2=O)c2ccc(C#Cc3ccccc3)cc21. The number of carbonyl (C=O) groups is 3. The lowest BCUT2D eigenvalue weighted by atomic mass is 10.0. The number of primary amides is 1. The van der Waals surface area contributed by atoms with E-state index >= 15 is 0 Å². The Morgan fingerprint density at radius 3 is 2.60 bits per heavy atom. The largest absolute Gasteiger partial charge is 0.493 e. The third-order valence-electron chi connectivity index (χ3n) is 7.69. The number of amides is 5. The van der Waals surface area contributed by atoms with Gasteiger partial charge in [-0.1, -0.05) is 59.8 Å². The van der Waals surface area contributed by atoms with E-state index in [0.717, 1.165) is 11.1 Å². The molecule has 3 aromatic carbocycles. The van der Waals surface area contributed by atoms with E-state index in [9.17, 15) is 18.8 Å². The fourth-order valence-corrected chi connectivity index (χ4v) is 5.79. The topological polar surface area (TPSA) is 102 Å². The molecule has 0 bridgehead atoms. The van der Waals surface area contributed by atoms with Crippen molar-refractivity contribution in [3.05, 3.63) is 99.8 Å². The van der Waals surface area contributed by atoms with Crippen LogP contribution in [0.2, 0.25) is 5.02 Å². The highest BCUT2D eigenvalue weighted by Gasteiger charge is 2.48. The van der Waals surface area contributed by atoms with Gasteiger partial charge in [0.15, 0.2) is 0 Å². The van der Waals surface area contributed by atoms with Crippen molar-refractivity contribution in [2.45, 2.75) is 25.0 Å². The molecule has 3 N–H and O–H groups in total. The second-order valence-corrected chi connectivity index (χ2v) is 10.6. The zero-order valence-electron chi connectivity index (χ0n) is 22.5. The maximum atomic E-state index is 14.3. The van der Waals surface area contributed by atoms with Crippen LogP contribution in [0.1, 0.15) is 34.7 Å². The number of hydrogen-bond donors (Lipinski definition) is 2. The van der Waals surface area contributed by atoms with Crippen LogP contribution in [-0.2, 0) is 11.3 Å². The molecule has 0 radical (unpaired) electrons. The molecule has 2 fully saturated rings. The number of fused-ring (bicyclic) bond motifs is 2. The van der Waals surface area contributed by atoms with Crippen LogP contribution in [0.3, 0.4) is 0 Å². The van der Waals surface area contributed by atoms with Crippen molar-refractivity contribution in [1.82, 2.24) is 20.2 Å². The summed E-state index contributed by atoms with van der Waals surface area (Å²) in [6.45, 7) is 1.38. The van der Waals surface area contributed by atoms with E-state index in [1.165, 1.54) is 15.7 Å². The number of urea groups is 2. The standard InChI is InChI=1S/C31H26ClFN6O3/c32-24-8-4-7-22(28(24)33)18-35-29(40)25-13-14-36-15-16-37(31(42)39(25)36)27-19-38(30(34)41)26-17-21(11-12-23(26)27)10-9-20-5-2-1-3-6-20/h1-8,11-12,17,19,25,27H,13-16,18H2,(H2-,34,35,40,41)/p+1/t25-,27?/m0/s1. The average Bonchev–Trinajstić information content (AvgIpc) is 3.60. The first-order valence-corrected chi connectivity index (χ1v) is 13.9. The quantitative estimate of drug-likeness (QED) is 0.359. The van der Waals surface area contributed by atoms with Gasteiger partial charge in [-0.05, 0) is 30.7 Å². The first-order chi connectivity index (χ1) is 20.3. The zero-order valence-corrected chi connectivity index (χ0v) is 23.2. The summed E-state index contributed by atoms with van der Waals surface area (Å²) < 4.78 is 15.7. The number of nitrogens with two attached hydrogens (primary N) is 1. The minimum Gasteiger partial charge on any atom is -0.350 e. The van der Waals surface area contributed by atoms with Gasteiger partial charge >= 0.3 is 12.1 Å². The van der Waals surface area contributed by atoms with Gasteiger partial charge in [0.1, 0.15) is 29.8 Å². The van der Waals surface area contributed by atoms with Gasteiger partial charge in [0, 0.05) is 54.5 Å². The molecule has 212 valence electrons. The van der Waals surface area contributed by atoms with Gasteiger partial charge in [0.2, 0.25) is 5.91 Å². The highest BCUT2D eigenvalue weighted by molar-refractivity contribution is 6.30. The van der Waals surface area contributed by atoms with Crippen molar-refractivity contribution in [3.8, 4) is 11.8 Å². The molecule has 11 heteroatoms. The van der Waals surface area contributed by atoms with Gasteiger partial charge < -0.3 is 10.2 Å². The Bertz CT molecular complexity index is 1680. The van der Waals surface area contributed by atoms with Gasteiger partial charge in [-0.2, -0.15) is 9.37 Å². The van der Waals surface area contributed by atoms with Gasteiger partial charge in [0.05, 0.1) is 5.02 Å². The summed E-state index contributed by atoms with van der Waals surface area (Å²) in [6, 6.07) is 17.3. The van der Waals surface area contributed by atoms with Gasteiger partial charge in [0.25, 0.3) is 0 Å². The van der Waals surface area contributed by atoms with E-state index < -0.39 is 23.9 Å². The molecule has 3 aliphatic rings. The smallest absolute Gasteiger partial charge is 0.350 e. The number of nitrogens with zero attached hydrogens (tertiary/aromatic N) is 4. The summed E-state index contributed by atoms with van der Waals surface area (Å²) in [6.07, 6.45) is 2.06. The lowest BCUT2D eigenvalue weighted by molar-refractivity contribution is -0.321. The molecule has 3 heterocycles. The number of hydrogen-bond acceptors (Lipinski definition) is 4. The summed E-state index contributed by atoms with van der Waals surface area (Å²) in [5.41, 5.74) is 8.82. The molecule has 2 saturated heterocycles. The Balaban J connectivity index is 1.22. The Labute approximate surface area is 246 Å². The molecule has 0 saturated carbocycles. The molecular weight excluding hydrogens is 559 g/mol. The van der Waals surface area contributed by atoms with Crippen molar-refractivity contribution in [3.63, 3.8) is 0 Å². The Morgan fingerprint density at radius 2 is 1.81 bits per heavy atom. The normalized spacial score (nSPS) is 19.5. The zero-order chi connectivity index (χ0) is 29.4. The molecule has 0 aromatic heterocycles. The fourth-order valence-electron chi connectivity index (χ4n) is 5.60. The lowest BCUT2D eigenvalue weighted by Gasteiger charge is -2.42. The van der Waals surface area contributed by atoms with Crippen LogP contribution in [0.5, 0.6) is 0 Å². The van der Waals surface area contributed by atoms with Crippen molar-refractivity contribution in [2.24, 2.45) is 5.73 Å². The Morgan fingerprint density at radius 1 is 1.02 bits per heavy atom. The monoisotopic (exact) mass is 585 g/mol. The van der Waals surface area contributed by atoms with Crippen molar-refractivity contribution < 1.29 is 23.3 Å². The third kappa shape index (κ3) is 5.09. The second-order valence-electron chi connectivity index (χ2n) is 10.2. The first-order valence-electron chi connectivity index (χ1n) is 13.5. The molecular formula is C31H27ClFN6O3+. The first kappa shape index (κ1) is 27.4. The van der Waals surface area contributed by atoms with Crippen molar-refractivity contribution in [2.75, 3.05) is 19.6 Å². The number of nitrogens with one attached hydrogen (secondary N) is 1. The highest BCUT2D eigenvalue weighted by Crippen LogP contribution is 2.37. The summed E-state index contributed by atoms with van der Waals surface area (Å²) in [4.78, 5) is 41.1. The Hall–Kier alpha value is -4.72. The van der Waals surface area contributed by atoms with Crippen LogP contribution in [0.25, 0.3) is 0 Å². The van der Waals surface area contributed by atoms with E-state index in [4.69, 9.17) is 17.3 Å². The lowest BCUT2D eigenvalue weighted by Crippen LogP contribution is -2.61. The Kier molecular flexibility index (Phi) is 7.37. The fraction of sp³-hybridized carbons (Fsp3) is 0.226. The molecule has 1 unspecified atom stereocenters. The summed E-state index contributed by atoms with van der Waals surface area (Å²) in [5.74, 6) is 5.25. The molecule has 5 amide bonds. The van der Waals surface area contributed by atoms with Crippen LogP contribution in [-0.4, -0.2) is 69.4 Å². The van der Waals surface area contributed by atoms with E-state index in [-0.39, 0.29) is 29.1 Å². The van der Waals surface area contributed by atoms with Crippen LogP contribution in [0.4, 0.5) is 19.7 Å². The number of benzene rings is 3. The van der Waals surface area contributed by atoms with Crippen LogP contribution in [0, 0.1) is 17.7 Å². The maximum Gasteiger partial charge on any atom is 0.493 e. The van der Waals surface area contributed by atoms with Gasteiger partial charge in [-0.15, -0.1) is 0 Å². The molecule has 2 atom stereocenters. The van der Waals surface area contributed by atoms with Crippen molar-refractivity contribution in [1.29, 1.82) is 0 Å². The molecule has 0 aliphatic carbocycles. The van der Waals surface area contributed by atoms with Gasteiger partial charge in [-0.3, -0.25) is 10.5 Å². The van der Waals surface area contributed by atoms with E-state index in [0.29, 0.717) is 37.3 Å². The van der Waals surface area contributed by atoms with Crippen LogP contribution < -0.4 is 11.1 Å². The number of halogens is 2. The van der Waals surface area contributed by atoms with E-state index in [1.54, 1.807) is 29.3 Å². The third-order valence-corrected chi connectivity index (χ3v) is 7.98. The molecule has 3 aliphatic heterocycles. The van der Waals surface area contributed by atoms with E-state index in [2.05, 4.69) is 17.2 Å². The van der Waals surface area contributed by atoms with Crippen LogP contribution in [0.15, 0.2) is 66.7 Å². The average molecular weight is 586 g/mol. The minimum absolute atomic E-state index is 0.0240. The summed E-state index contributed by atoms with van der Waals surface area (Å²) in [5, 5.41) is 6.04. The predicted octanol–water partition coefficient (Wildman–Crippen LogP) is 3.77.